The first kappa shape index (κ1) is 16.1. The monoisotopic (exact) mass is 268 g/mol. The summed E-state index contributed by atoms with van der Waals surface area (Å²) in [5.41, 5.74) is 0. The van der Waals surface area contributed by atoms with Crippen LogP contribution in [-0.2, 0) is 13.0 Å². The number of hydrogen-bond donors (Lipinski definition) is 1. The Morgan fingerprint density at radius 2 is 2.05 bits per heavy atom. The lowest BCUT2D eigenvalue weighted by Crippen LogP contribution is -2.33. The Hall–Kier alpha value is -0.940. The maximum Gasteiger partial charge on any atom is 0.228 e. The average molecular weight is 268 g/mol. The molecule has 0 aliphatic heterocycles. The van der Waals surface area contributed by atoms with Crippen molar-refractivity contribution in [3.63, 3.8) is 0 Å². The van der Waals surface area contributed by atoms with Crippen LogP contribution in [0.1, 0.15) is 45.3 Å². The predicted octanol–water partition coefficient (Wildman–Crippen LogP) is 2.09. The SMILES string of the molecule is CCCNC(Cc1nc(CN(C)C)no1)CC(C)C. The van der Waals surface area contributed by atoms with Crippen molar-refractivity contribution in [1.29, 1.82) is 0 Å². The molecule has 1 N–H and O–H groups in total. The van der Waals surface area contributed by atoms with E-state index in [2.05, 4.69) is 36.2 Å². The summed E-state index contributed by atoms with van der Waals surface area (Å²) < 4.78 is 5.33. The second kappa shape index (κ2) is 8.27. The summed E-state index contributed by atoms with van der Waals surface area (Å²) >= 11 is 0. The van der Waals surface area contributed by atoms with Gasteiger partial charge in [-0.25, -0.2) is 0 Å². The minimum Gasteiger partial charge on any atom is -0.339 e. The van der Waals surface area contributed by atoms with E-state index in [-0.39, 0.29) is 0 Å². The fraction of sp³-hybridized carbons (Fsp3) is 0.857. The molecule has 1 rings (SSSR count). The molecule has 1 unspecified atom stereocenters. The van der Waals surface area contributed by atoms with Gasteiger partial charge >= 0.3 is 0 Å². The zero-order chi connectivity index (χ0) is 14.3. The molecule has 1 heterocycles. The van der Waals surface area contributed by atoms with E-state index in [0.29, 0.717) is 12.0 Å². The quantitative estimate of drug-likeness (QED) is 0.743. The van der Waals surface area contributed by atoms with Crippen molar-refractivity contribution in [1.82, 2.24) is 20.4 Å². The first-order valence-electron chi connectivity index (χ1n) is 7.20. The highest BCUT2D eigenvalue weighted by Gasteiger charge is 2.15. The van der Waals surface area contributed by atoms with Crippen molar-refractivity contribution in [2.45, 2.75) is 52.6 Å². The largest absolute Gasteiger partial charge is 0.339 e. The molecule has 0 bridgehead atoms. The zero-order valence-electron chi connectivity index (χ0n) is 12.9. The Kier molecular flexibility index (Phi) is 7.02. The van der Waals surface area contributed by atoms with Gasteiger partial charge in [0.2, 0.25) is 5.89 Å². The number of nitrogens with one attached hydrogen (secondary N) is 1. The lowest BCUT2D eigenvalue weighted by atomic mass is 10.0. The van der Waals surface area contributed by atoms with E-state index in [0.717, 1.165) is 44.1 Å². The smallest absolute Gasteiger partial charge is 0.228 e. The molecule has 0 amide bonds. The fourth-order valence-corrected chi connectivity index (χ4v) is 2.09. The third-order valence-electron chi connectivity index (χ3n) is 2.83. The normalized spacial score (nSPS) is 13.4. The van der Waals surface area contributed by atoms with Crippen LogP contribution in [0.5, 0.6) is 0 Å². The van der Waals surface area contributed by atoms with Crippen LogP contribution in [0.15, 0.2) is 4.52 Å². The van der Waals surface area contributed by atoms with Gasteiger partial charge in [-0.3, -0.25) is 0 Å². The third-order valence-corrected chi connectivity index (χ3v) is 2.83. The molecule has 5 nitrogen and oxygen atoms in total. The number of nitrogens with zero attached hydrogens (tertiary/aromatic N) is 3. The van der Waals surface area contributed by atoms with E-state index in [1.807, 2.05) is 19.0 Å². The minimum absolute atomic E-state index is 0.424. The van der Waals surface area contributed by atoms with Crippen LogP contribution in [0.4, 0.5) is 0 Å². The summed E-state index contributed by atoms with van der Waals surface area (Å²) in [6.45, 7) is 8.43. The minimum atomic E-state index is 0.424. The first-order chi connectivity index (χ1) is 9.01. The number of rotatable bonds is 9. The van der Waals surface area contributed by atoms with Gasteiger partial charge in [-0.15, -0.1) is 0 Å². The van der Waals surface area contributed by atoms with Crippen molar-refractivity contribution in [3.05, 3.63) is 11.7 Å². The molecule has 0 aliphatic rings. The topological polar surface area (TPSA) is 54.2 Å². The van der Waals surface area contributed by atoms with Crippen molar-refractivity contribution in [2.24, 2.45) is 5.92 Å². The molecule has 110 valence electrons. The summed E-state index contributed by atoms with van der Waals surface area (Å²) in [5, 5.41) is 7.57. The Balaban J connectivity index is 2.54. The van der Waals surface area contributed by atoms with Crippen LogP contribution in [-0.4, -0.2) is 41.7 Å². The molecule has 0 fully saturated rings. The molecule has 0 saturated heterocycles. The van der Waals surface area contributed by atoms with Crippen molar-refractivity contribution >= 4 is 0 Å². The summed E-state index contributed by atoms with van der Waals surface area (Å²) in [5.74, 6) is 2.17. The van der Waals surface area contributed by atoms with E-state index in [9.17, 15) is 0 Å². The van der Waals surface area contributed by atoms with E-state index < -0.39 is 0 Å². The van der Waals surface area contributed by atoms with Gasteiger partial charge in [0.1, 0.15) is 0 Å². The molecule has 0 spiro atoms. The summed E-state index contributed by atoms with van der Waals surface area (Å²) in [7, 11) is 4.00. The van der Waals surface area contributed by atoms with Crippen LogP contribution in [0, 0.1) is 5.92 Å². The fourth-order valence-electron chi connectivity index (χ4n) is 2.09. The summed E-state index contributed by atoms with van der Waals surface area (Å²) in [6.07, 6.45) is 3.09. The Morgan fingerprint density at radius 3 is 2.63 bits per heavy atom. The van der Waals surface area contributed by atoms with Gasteiger partial charge in [0, 0.05) is 12.5 Å². The second-order valence-corrected chi connectivity index (χ2v) is 5.83. The lowest BCUT2D eigenvalue weighted by Gasteiger charge is -2.18. The van der Waals surface area contributed by atoms with Crippen LogP contribution in [0.25, 0.3) is 0 Å². The van der Waals surface area contributed by atoms with Gasteiger partial charge in [0.15, 0.2) is 5.82 Å². The maximum atomic E-state index is 5.33. The van der Waals surface area contributed by atoms with Crippen LogP contribution >= 0.6 is 0 Å². The van der Waals surface area contributed by atoms with Gasteiger partial charge < -0.3 is 14.7 Å². The van der Waals surface area contributed by atoms with Crippen molar-refractivity contribution < 1.29 is 4.52 Å². The molecule has 1 aromatic heterocycles. The zero-order valence-corrected chi connectivity index (χ0v) is 12.9. The van der Waals surface area contributed by atoms with Gasteiger partial charge in [-0.1, -0.05) is 25.9 Å². The van der Waals surface area contributed by atoms with Gasteiger partial charge in [0.25, 0.3) is 0 Å². The van der Waals surface area contributed by atoms with Crippen LogP contribution in [0.3, 0.4) is 0 Å². The molecule has 0 radical (unpaired) electrons. The maximum absolute atomic E-state index is 5.33. The van der Waals surface area contributed by atoms with Gasteiger partial charge in [-0.2, -0.15) is 4.98 Å². The van der Waals surface area contributed by atoms with E-state index in [1.54, 1.807) is 0 Å². The molecule has 1 aromatic rings. The number of aromatic nitrogens is 2. The molecule has 0 aliphatic carbocycles. The van der Waals surface area contributed by atoms with Gasteiger partial charge in [0.05, 0.1) is 6.54 Å². The molecular formula is C14H28N4O. The molecule has 0 saturated carbocycles. The third kappa shape index (κ3) is 6.68. The lowest BCUT2D eigenvalue weighted by molar-refractivity contribution is 0.327. The molecular weight excluding hydrogens is 240 g/mol. The highest BCUT2D eigenvalue weighted by atomic mass is 16.5. The summed E-state index contributed by atoms with van der Waals surface area (Å²) in [6, 6.07) is 0.424. The molecule has 0 aromatic carbocycles. The molecule has 1 atom stereocenters. The van der Waals surface area contributed by atoms with Crippen LogP contribution < -0.4 is 5.32 Å². The van der Waals surface area contributed by atoms with E-state index in [1.165, 1.54) is 0 Å². The molecule has 5 heteroatoms. The summed E-state index contributed by atoms with van der Waals surface area (Å²) in [4.78, 5) is 6.48. The van der Waals surface area contributed by atoms with Crippen molar-refractivity contribution in [3.8, 4) is 0 Å². The second-order valence-electron chi connectivity index (χ2n) is 5.83. The van der Waals surface area contributed by atoms with Crippen LogP contribution in [0.2, 0.25) is 0 Å². The Labute approximate surface area is 116 Å². The first-order valence-corrected chi connectivity index (χ1v) is 7.20. The highest BCUT2D eigenvalue weighted by Crippen LogP contribution is 2.10. The van der Waals surface area contributed by atoms with Crippen molar-refractivity contribution in [2.75, 3.05) is 20.6 Å². The molecule has 19 heavy (non-hydrogen) atoms. The van der Waals surface area contributed by atoms with E-state index >= 15 is 0 Å². The Morgan fingerprint density at radius 1 is 1.32 bits per heavy atom. The Bertz CT molecular complexity index is 349. The van der Waals surface area contributed by atoms with Gasteiger partial charge in [-0.05, 0) is 39.4 Å². The highest BCUT2D eigenvalue weighted by molar-refractivity contribution is 4.89. The average Bonchev–Trinajstić information content (AvgIpc) is 2.71. The predicted molar refractivity (Wildman–Crippen MR) is 76.9 cm³/mol. The number of hydrogen-bond acceptors (Lipinski definition) is 5. The standard InChI is InChI=1S/C14H28N4O/c1-6-7-15-12(8-11(2)3)9-14-16-13(17-19-14)10-18(4)5/h11-12,15H,6-10H2,1-5H3. The van der Waals surface area contributed by atoms with E-state index in [4.69, 9.17) is 4.52 Å².